The summed E-state index contributed by atoms with van der Waals surface area (Å²) in [5, 5.41) is 0. The Morgan fingerprint density at radius 2 is 1.90 bits per heavy atom. The van der Waals surface area contributed by atoms with Gasteiger partial charge in [-0.3, -0.25) is 14.5 Å². The highest BCUT2D eigenvalue weighted by Crippen LogP contribution is 2.32. The van der Waals surface area contributed by atoms with Crippen molar-refractivity contribution in [2.45, 2.75) is 39.2 Å². The monoisotopic (exact) mass is 539 g/mol. The molecule has 0 bridgehead atoms. The van der Waals surface area contributed by atoms with Crippen molar-refractivity contribution in [2.24, 2.45) is 0 Å². The quantitative estimate of drug-likeness (QED) is 0.284. The molecule has 1 N–H and O–H groups in total. The average Bonchev–Trinajstić information content (AvgIpc) is 3.39. The predicted octanol–water partition coefficient (Wildman–Crippen LogP) is 5.05. The molecule has 1 aliphatic rings. The van der Waals surface area contributed by atoms with Crippen LogP contribution in [0.1, 0.15) is 46.3 Å². The molecule has 3 heterocycles. The minimum atomic E-state index is -0.0254. The van der Waals surface area contributed by atoms with Crippen molar-refractivity contribution in [2.75, 3.05) is 40.9 Å². The van der Waals surface area contributed by atoms with E-state index < -0.39 is 0 Å². The average molecular weight is 540 g/mol. The molecular weight excluding hydrogens is 502 g/mol. The van der Waals surface area contributed by atoms with Gasteiger partial charge in [-0.15, -0.1) is 0 Å². The number of aryl methyl sites for hydroxylation is 1. The Morgan fingerprint density at radius 3 is 2.65 bits per heavy atom. The normalized spacial score (nSPS) is 13.4. The minimum Gasteiger partial charge on any atom is -0.385 e. The van der Waals surface area contributed by atoms with Crippen LogP contribution in [0, 0.1) is 6.92 Å². The summed E-state index contributed by atoms with van der Waals surface area (Å²) in [6.45, 7) is 5.38. The second-order valence-electron chi connectivity index (χ2n) is 10.8. The molecule has 208 valence electrons. The topological polar surface area (TPSA) is 91.4 Å². The molecule has 0 fully saturated rings. The number of fused-ring (bicyclic) bond motifs is 2. The molecule has 0 aliphatic carbocycles. The number of benzene rings is 2. The highest BCUT2D eigenvalue weighted by atomic mass is 16.5. The lowest BCUT2D eigenvalue weighted by Gasteiger charge is -2.30. The molecule has 0 saturated carbocycles. The summed E-state index contributed by atoms with van der Waals surface area (Å²) in [6, 6.07) is 12.0. The Hall–Kier alpha value is -3.88. The number of carbonyl (C=O) groups is 2. The lowest BCUT2D eigenvalue weighted by atomic mass is 9.92. The molecule has 8 heteroatoms. The number of H-pyrrole nitrogens is 1. The number of aromatic nitrogens is 3. The van der Waals surface area contributed by atoms with E-state index in [1.54, 1.807) is 26.1 Å². The zero-order valence-electron chi connectivity index (χ0n) is 23.8. The fourth-order valence-corrected chi connectivity index (χ4v) is 5.44. The van der Waals surface area contributed by atoms with Gasteiger partial charge in [-0.1, -0.05) is 12.1 Å². The molecule has 2 aromatic heterocycles. The molecule has 5 rings (SSSR count). The Morgan fingerprint density at radius 1 is 1.10 bits per heavy atom. The van der Waals surface area contributed by atoms with Crippen molar-refractivity contribution in [3.63, 3.8) is 0 Å². The zero-order chi connectivity index (χ0) is 28.2. The third-order valence-corrected chi connectivity index (χ3v) is 7.67. The van der Waals surface area contributed by atoms with Crippen LogP contribution in [0.25, 0.3) is 33.5 Å². The van der Waals surface area contributed by atoms with Crippen LogP contribution < -0.4 is 0 Å². The molecule has 0 saturated heterocycles. The molecule has 1 amide bonds. The number of hydrogen-bond acceptors (Lipinski definition) is 6. The maximum absolute atomic E-state index is 12.3. The highest BCUT2D eigenvalue weighted by Gasteiger charge is 2.20. The number of Topliss-reactive ketones (excluding diaryl/α,β-unsaturated/α-hetero) is 1. The van der Waals surface area contributed by atoms with E-state index in [2.05, 4.69) is 33.9 Å². The van der Waals surface area contributed by atoms with Crippen molar-refractivity contribution in [3.05, 3.63) is 71.0 Å². The van der Waals surface area contributed by atoms with Gasteiger partial charge in [-0.25, -0.2) is 9.97 Å². The van der Waals surface area contributed by atoms with E-state index in [-0.39, 0.29) is 5.91 Å². The van der Waals surface area contributed by atoms with Crippen molar-refractivity contribution >= 4 is 22.9 Å². The molecular formula is C32H37N5O3. The number of hydrogen-bond donors (Lipinski definition) is 1. The predicted molar refractivity (Wildman–Crippen MR) is 157 cm³/mol. The summed E-state index contributed by atoms with van der Waals surface area (Å²) in [7, 11) is 5.17. The summed E-state index contributed by atoms with van der Waals surface area (Å²) in [5.41, 5.74) is 9.92. The Balaban J connectivity index is 1.36. The van der Waals surface area contributed by atoms with Crippen LogP contribution in [-0.4, -0.2) is 77.3 Å². The van der Waals surface area contributed by atoms with Crippen molar-refractivity contribution < 1.29 is 14.3 Å². The highest BCUT2D eigenvalue weighted by molar-refractivity contribution is 5.96. The number of nitrogens with one attached hydrogen (secondary N) is 1. The Bertz CT molecular complexity index is 1520. The smallest absolute Gasteiger partial charge is 0.253 e. The first-order valence-corrected chi connectivity index (χ1v) is 13.9. The van der Waals surface area contributed by atoms with E-state index >= 15 is 0 Å². The number of nitrogens with zero attached hydrogens (tertiary/aromatic N) is 4. The number of carbonyl (C=O) groups excluding carboxylic acids is 2. The zero-order valence-corrected chi connectivity index (χ0v) is 23.8. The van der Waals surface area contributed by atoms with Gasteiger partial charge in [0.1, 0.15) is 11.3 Å². The first-order chi connectivity index (χ1) is 19.3. The van der Waals surface area contributed by atoms with Crippen LogP contribution in [-0.2, 0) is 22.5 Å². The van der Waals surface area contributed by atoms with Crippen LogP contribution in [0.5, 0.6) is 0 Å². The maximum Gasteiger partial charge on any atom is 0.253 e. The number of ether oxygens (including phenoxy) is 1. The van der Waals surface area contributed by atoms with E-state index in [9.17, 15) is 9.59 Å². The fourth-order valence-electron chi connectivity index (χ4n) is 5.44. The Labute approximate surface area is 235 Å². The Kier molecular flexibility index (Phi) is 8.38. The van der Waals surface area contributed by atoms with Gasteiger partial charge < -0.3 is 14.6 Å². The number of methoxy groups -OCH3 is 1. The van der Waals surface area contributed by atoms with E-state index in [0.29, 0.717) is 30.8 Å². The molecule has 1 aliphatic heterocycles. The lowest BCUT2D eigenvalue weighted by molar-refractivity contribution is -0.119. The third kappa shape index (κ3) is 5.98. The number of amides is 1. The summed E-state index contributed by atoms with van der Waals surface area (Å²) < 4.78 is 5.07. The van der Waals surface area contributed by atoms with Gasteiger partial charge in [0.2, 0.25) is 0 Å². The van der Waals surface area contributed by atoms with Crippen LogP contribution >= 0.6 is 0 Å². The van der Waals surface area contributed by atoms with Gasteiger partial charge in [-0.2, -0.15) is 0 Å². The van der Waals surface area contributed by atoms with Crippen LogP contribution in [0.2, 0.25) is 0 Å². The largest absolute Gasteiger partial charge is 0.385 e. The van der Waals surface area contributed by atoms with Gasteiger partial charge in [0.25, 0.3) is 5.91 Å². The van der Waals surface area contributed by atoms with E-state index in [1.807, 2.05) is 36.7 Å². The lowest BCUT2D eigenvalue weighted by Crippen LogP contribution is -2.32. The van der Waals surface area contributed by atoms with Gasteiger partial charge >= 0.3 is 0 Å². The summed E-state index contributed by atoms with van der Waals surface area (Å²) in [4.78, 5) is 41.5. The SMILES string of the molecule is COCCCC(=O)CCN1CCc2c(C)cc(-c3cnc4[nH]cc(-c5ccc(C(=O)N(C)C)cc5)c4n3)cc2C1. The molecule has 2 aromatic carbocycles. The third-order valence-electron chi connectivity index (χ3n) is 7.67. The first kappa shape index (κ1) is 27.7. The van der Waals surface area contributed by atoms with Gasteiger partial charge in [0.05, 0.1) is 11.9 Å². The standard InChI is InChI=1S/C32H37N5O3/c1-21-16-24(17-25-20-37(14-12-27(21)25)13-11-26(38)6-5-15-40-4)29-19-34-31-30(35-29)28(18-33-31)22-7-9-23(10-8-22)32(39)36(2)3/h7-10,16-19H,5-6,11-15,20H2,1-4H3,(H,33,34). The summed E-state index contributed by atoms with van der Waals surface area (Å²) >= 11 is 0. The molecule has 0 atom stereocenters. The van der Waals surface area contributed by atoms with Crippen LogP contribution in [0.15, 0.2) is 48.8 Å². The van der Waals surface area contributed by atoms with Crippen molar-refractivity contribution in [1.29, 1.82) is 0 Å². The molecule has 0 unspecified atom stereocenters. The van der Waals surface area contributed by atoms with Crippen molar-refractivity contribution in [1.82, 2.24) is 24.8 Å². The molecule has 0 radical (unpaired) electrons. The molecule has 8 nitrogen and oxygen atoms in total. The van der Waals surface area contributed by atoms with Gasteiger partial charge in [0.15, 0.2) is 5.65 Å². The summed E-state index contributed by atoms with van der Waals surface area (Å²) in [6.07, 6.45) is 6.68. The van der Waals surface area contributed by atoms with Crippen LogP contribution in [0.3, 0.4) is 0 Å². The number of aromatic amines is 1. The van der Waals surface area contributed by atoms with Gasteiger partial charge in [-0.05, 0) is 66.3 Å². The van der Waals surface area contributed by atoms with E-state index in [4.69, 9.17) is 9.72 Å². The molecule has 40 heavy (non-hydrogen) atoms. The fraction of sp³-hybridized carbons (Fsp3) is 0.375. The van der Waals surface area contributed by atoms with Crippen molar-refractivity contribution in [3.8, 4) is 22.4 Å². The molecule has 4 aromatic rings. The number of ketones is 1. The number of rotatable bonds is 10. The minimum absolute atomic E-state index is 0.0254. The second kappa shape index (κ2) is 12.1. The van der Waals surface area contributed by atoms with Crippen LogP contribution in [0.4, 0.5) is 0 Å². The second-order valence-corrected chi connectivity index (χ2v) is 10.8. The summed E-state index contributed by atoms with van der Waals surface area (Å²) in [5.74, 6) is 0.278. The van der Waals surface area contributed by atoms with Gasteiger partial charge in [0, 0.05) is 83.2 Å². The van der Waals surface area contributed by atoms with E-state index in [1.165, 1.54) is 16.7 Å². The first-order valence-electron chi connectivity index (χ1n) is 13.9. The van der Waals surface area contributed by atoms with E-state index in [0.717, 1.165) is 66.0 Å². The molecule has 0 spiro atoms. The maximum atomic E-state index is 12.3.